The number of hydrogen-bond donors (Lipinski definition) is 0. The lowest BCUT2D eigenvalue weighted by molar-refractivity contribution is -0.364. The van der Waals surface area contributed by atoms with Gasteiger partial charge < -0.3 is 4.90 Å². The molecule has 3 aromatic rings. The molecule has 0 radical (unpaired) electrons. The molecule has 0 spiro atoms. The highest BCUT2D eigenvalue weighted by Crippen LogP contribution is 2.39. The third kappa shape index (κ3) is 2.59. The molecule has 5 nitrogen and oxygen atoms in total. The highest BCUT2D eigenvalue weighted by atomic mass is 16.2. The van der Waals surface area contributed by atoms with Gasteiger partial charge >= 0.3 is 0 Å². The number of aromatic nitrogens is 1. The summed E-state index contributed by atoms with van der Waals surface area (Å²) in [6.07, 6.45) is 1.91. The standard InChI is InChI=1S/C23H19N3O2/c27-22-17-7-2-1-6-16(17)21-18(22)8-5-9-19(21)23(28)26-14-12-25(13-15-26)20-10-3-4-11-24-20/h1-11H,12-15H2/p+1. The molecule has 1 aliphatic heterocycles. The summed E-state index contributed by atoms with van der Waals surface area (Å²) in [5.41, 5.74) is 3.58. The molecule has 0 unspecified atom stereocenters. The molecule has 1 saturated heterocycles. The first-order chi connectivity index (χ1) is 13.7. The number of piperazine rings is 1. The van der Waals surface area contributed by atoms with Crippen molar-refractivity contribution in [1.82, 2.24) is 4.90 Å². The third-order valence-electron chi connectivity index (χ3n) is 5.58. The van der Waals surface area contributed by atoms with E-state index in [9.17, 15) is 9.59 Å². The normalized spacial score (nSPS) is 15.4. The van der Waals surface area contributed by atoms with Crippen LogP contribution in [-0.2, 0) is 0 Å². The second kappa shape index (κ2) is 6.60. The summed E-state index contributed by atoms with van der Waals surface area (Å²) in [7, 11) is 0. The van der Waals surface area contributed by atoms with Crippen LogP contribution in [0.4, 0.5) is 5.82 Å². The quantitative estimate of drug-likeness (QED) is 0.545. The van der Waals surface area contributed by atoms with Gasteiger partial charge in [-0.1, -0.05) is 42.5 Å². The van der Waals surface area contributed by atoms with Gasteiger partial charge in [-0.05, 0) is 17.7 Å². The van der Waals surface area contributed by atoms with E-state index in [4.69, 9.17) is 0 Å². The smallest absolute Gasteiger partial charge is 0.274 e. The number of pyridine rings is 1. The minimum atomic E-state index is -0.00181. The van der Waals surface area contributed by atoms with E-state index >= 15 is 0 Å². The van der Waals surface area contributed by atoms with Crippen molar-refractivity contribution in [2.45, 2.75) is 0 Å². The topological polar surface area (TPSA) is 54.8 Å². The van der Waals surface area contributed by atoms with Crippen LogP contribution in [-0.4, -0.2) is 42.8 Å². The fourth-order valence-electron chi connectivity index (χ4n) is 4.16. The number of hydrogen-bond acceptors (Lipinski definition) is 3. The fourth-order valence-corrected chi connectivity index (χ4v) is 4.16. The van der Waals surface area contributed by atoms with Gasteiger partial charge in [-0.2, -0.15) is 0 Å². The van der Waals surface area contributed by atoms with Crippen LogP contribution in [0, 0.1) is 0 Å². The maximum absolute atomic E-state index is 13.3. The Morgan fingerprint density at radius 3 is 2.25 bits per heavy atom. The maximum atomic E-state index is 13.3. The number of rotatable bonds is 2. The van der Waals surface area contributed by atoms with E-state index in [1.807, 2.05) is 71.8 Å². The van der Waals surface area contributed by atoms with E-state index in [-0.39, 0.29) is 11.7 Å². The van der Waals surface area contributed by atoms with E-state index in [2.05, 4.69) is 9.88 Å². The van der Waals surface area contributed by atoms with Gasteiger partial charge in [0.15, 0.2) is 5.78 Å². The molecule has 1 aromatic heterocycles. The molecular weight excluding hydrogens is 350 g/mol. The Kier molecular flexibility index (Phi) is 3.93. The van der Waals surface area contributed by atoms with Crippen LogP contribution >= 0.6 is 0 Å². The first kappa shape index (κ1) is 16.7. The summed E-state index contributed by atoms with van der Waals surface area (Å²) < 4.78 is 0. The molecule has 0 bridgehead atoms. The Hall–Kier alpha value is -3.47. The monoisotopic (exact) mass is 370 g/mol. The average molecular weight is 370 g/mol. The number of benzene rings is 2. The van der Waals surface area contributed by atoms with Gasteiger partial charge in [-0.15, -0.1) is 0 Å². The van der Waals surface area contributed by atoms with Crippen LogP contribution in [0.1, 0.15) is 26.3 Å². The number of H-pyrrole nitrogens is 1. The summed E-state index contributed by atoms with van der Waals surface area (Å²) >= 11 is 0. The number of aromatic amines is 1. The van der Waals surface area contributed by atoms with Gasteiger partial charge in [0.2, 0.25) is 0 Å². The molecule has 0 atom stereocenters. The van der Waals surface area contributed by atoms with Gasteiger partial charge in [0.05, 0.1) is 19.3 Å². The highest BCUT2D eigenvalue weighted by molar-refractivity contribution is 6.24. The summed E-state index contributed by atoms with van der Waals surface area (Å²) in [4.78, 5) is 33.4. The zero-order valence-corrected chi connectivity index (χ0v) is 15.4. The molecule has 2 aliphatic rings. The summed E-state index contributed by atoms with van der Waals surface area (Å²) in [6.45, 7) is 2.86. The van der Waals surface area contributed by atoms with Gasteiger partial charge in [-0.3, -0.25) is 14.5 Å². The van der Waals surface area contributed by atoms with Gasteiger partial charge in [-0.25, -0.2) is 4.98 Å². The van der Waals surface area contributed by atoms with Crippen LogP contribution in [0.25, 0.3) is 11.1 Å². The Labute approximate surface area is 163 Å². The van der Waals surface area contributed by atoms with E-state index in [1.54, 1.807) is 0 Å². The number of nitrogens with zero attached hydrogens (tertiary/aromatic N) is 2. The molecule has 1 N–H and O–H groups in total. The van der Waals surface area contributed by atoms with Crippen molar-refractivity contribution in [2.24, 2.45) is 0 Å². The summed E-state index contributed by atoms with van der Waals surface area (Å²) in [6, 6.07) is 19.0. The number of amides is 1. The average Bonchev–Trinajstić information content (AvgIpc) is 3.07. The lowest BCUT2D eigenvalue weighted by Gasteiger charge is -2.31. The zero-order valence-electron chi connectivity index (χ0n) is 15.4. The number of ketones is 1. The van der Waals surface area contributed by atoms with Gasteiger partial charge in [0, 0.05) is 28.3 Å². The predicted octanol–water partition coefficient (Wildman–Crippen LogP) is 2.67. The molecule has 0 saturated carbocycles. The molecular formula is C23H20N3O2+. The first-order valence-electron chi connectivity index (χ1n) is 9.52. The van der Waals surface area contributed by atoms with Gasteiger partial charge in [0.1, 0.15) is 13.1 Å². The van der Waals surface area contributed by atoms with Crippen LogP contribution in [0.5, 0.6) is 0 Å². The highest BCUT2D eigenvalue weighted by Gasteiger charge is 2.33. The van der Waals surface area contributed by atoms with E-state index < -0.39 is 0 Å². The van der Waals surface area contributed by atoms with E-state index in [1.165, 1.54) is 0 Å². The number of anilines is 1. The molecule has 5 rings (SSSR count). The maximum Gasteiger partial charge on any atom is 0.274 e. The van der Waals surface area contributed by atoms with E-state index in [0.717, 1.165) is 30.0 Å². The minimum Gasteiger partial charge on any atom is -0.331 e. The Bertz CT molecular complexity index is 1070. The SMILES string of the molecule is O=C1c2ccccc2-c2c1cccc2C(=O)N1CCN(c2cccc[nH+]2)CC1. The molecule has 28 heavy (non-hydrogen) atoms. The fraction of sp³-hybridized carbons (Fsp3) is 0.174. The van der Waals surface area contributed by atoms with Crippen molar-refractivity contribution >= 4 is 17.5 Å². The Balaban J connectivity index is 1.42. The largest absolute Gasteiger partial charge is 0.331 e. The number of carbonyl (C=O) groups is 2. The Morgan fingerprint density at radius 2 is 1.50 bits per heavy atom. The number of carbonyl (C=O) groups excluding carboxylic acids is 2. The van der Waals surface area contributed by atoms with Crippen molar-refractivity contribution in [3.8, 4) is 11.1 Å². The lowest BCUT2D eigenvalue weighted by atomic mass is 9.98. The van der Waals surface area contributed by atoms with Crippen molar-refractivity contribution in [2.75, 3.05) is 31.1 Å². The van der Waals surface area contributed by atoms with Crippen molar-refractivity contribution < 1.29 is 14.6 Å². The lowest BCUT2D eigenvalue weighted by Crippen LogP contribution is -2.50. The van der Waals surface area contributed by atoms with Gasteiger partial charge in [0.25, 0.3) is 11.7 Å². The molecule has 2 heterocycles. The number of nitrogens with one attached hydrogen (secondary N) is 1. The second-order valence-corrected chi connectivity index (χ2v) is 7.13. The van der Waals surface area contributed by atoms with E-state index in [0.29, 0.717) is 29.8 Å². The molecule has 138 valence electrons. The van der Waals surface area contributed by atoms with Crippen molar-refractivity contribution in [1.29, 1.82) is 0 Å². The van der Waals surface area contributed by atoms with Crippen LogP contribution in [0.2, 0.25) is 0 Å². The van der Waals surface area contributed by atoms with Crippen LogP contribution < -0.4 is 9.88 Å². The van der Waals surface area contributed by atoms with Crippen molar-refractivity contribution in [3.05, 3.63) is 83.6 Å². The number of fused-ring (bicyclic) bond motifs is 3. The molecule has 1 fully saturated rings. The zero-order chi connectivity index (χ0) is 19.1. The van der Waals surface area contributed by atoms with Crippen molar-refractivity contribution in [3.63, 3.8) is 0 Å². The first-order valence-corrected chi connectivity index (χ1v) is 9.52. The summed E-state index contributed by atoms with van der Waals surface area (Å²) in [5, 5.41) is 0. The minimum absolute atomic E-state index is 0.00181. The third-order valence-corrected chi connectivity index (χ3v) is 5.58. The molecule has 5 heteroatoms. The summed E-state index contributed by atoms with van der Waals surface area (Å²) in [5.74, 6) is 1.07. The second-order valence-electron chi connectivity index (χ2n) is 7.13. The Morgan fingerprint density at radius 1 is 0.786 bits per heavy atom. The molecule has 2 aromatic carbocycles. The van der Waals surface area contributed by atoms with Crippen LogP contribution in [0.3, 0.4) is 0 Å². The predicted molar refractivity (Wildman–Crippen MR) is 106 cm³/mol. The van der Waals surface area contributed by atoms with Crippen LogP contribution in [0.15, 0.2) is 66.9 Å². The molecule has 1 amide bonds. The molecule has 1 aliphatic carbocycles.